The topological polar surface area (TPSA) is 61.9 Å². The van der Waals surface area contributed by atoms with Crippen LogP contribution in [0.3, 0.4) is 0 Å². The predicted molar refractivity (Wildman–Crippen MR) is 98.4 cm³/mol. The zero-order valence-corrected chi connectivity index (χ0v) is 15.2. The van der Waals surface area contributed by atoms with Crippen molar-refractivity contribution >= 4 is 22.9 Å². The van der Waals surface area contributed by atoms with Gasteiger partial charge in [0.2, 0.25) is 5.91 Å². The number of carbonyl (C=O) groups is 2. The second-order valence-electron chi connectivity index (χ2n) is 6.29. The monoisotopic (exact) mass is 363 g/mol. The molecule has 25 heavy (non-hydrogen) atoms. The number of thioether (sulfide) groups is 1. The fourth-order valence-corrected chi connectivity index (χ4v) is 3.88. The van der Waals surface area contributed by atoms with Gasteiger partial charge in [0.1, 0.15) is 0 Å². The molecule has 7 heteroatoms. The molecule has 0 bridgehead atoms. The maximum Gasteiger partial charge on any atom is 0.281 e. The number of nitrogens with one attached hydrogen (secondary N) is 1. The van der Waals surface area contributed by atoms with Gasteiger partial charge in [-0.05, 0) is 11.1 Å². The second-order valence-corrected chi connectivity index (χ2v) is 7.33. The van der Waals surface area contributed by atoms with E-state index in [-0.39, 0.29) is 11.1 Å². The number of hydrogen-bond acceptors (Lipinski definition) is 5. The van der Waals surface area contributed by atoms with Crippen molar-refractivity contribution < 1.29 is 14.3 Å². The van der Waals surface area contributed by atoms with Crippen LogP contribution in [0.4, 0.5) is 4.79 Å². The molecule has 0 aromatic heterocycles. The lowest BCUT2D eigenvalue weighted by Crippen LogP contribution is -2.36. The molecular weight excluding hydrogens is 338 g/mol. The van der Waals surface area contributed by atoms with Crippen LogP contribution in [-0.2, 0) is 22.6 Å². The van der Waals surface area contributed by atoms with Gasteiger partial charge in [-0.2, -0.15) is 0 Å². The minimum absolute atomic E-state index is 0.00845. The average molecular weight is 363 g/mol. The molecule has 0 aliphatic carbocycles. The van der Waals surface area contributed by atoms with Crippen LogP contribution in [0.25, 0.3) is 0 Å². The summed E-state index contributed by atoms with van der Waals surface area (Å²) in [5.74, 6) is 0.820. The Labute approximate surface area is 152 Å². The van der Waals surface area contributed by atoms with Gasteiger partial charge >= 0.3 is 0 Å². The molecule has 2 saturated heterocycles. The molecule has 2 amide bonds. The number of rotatable bonds is 7. The maximum atomic E-state index is 12.1. The molecule has 136 valence electrons. The molecule has 1 aromatic carbocycles. The summed E-state index contributed by atoms with van der Waals surface area (Å²) in [6.07, 6.45) is 0.359. The van der Waals surface area contributed by atoms with Gasteiger partial charge in [-0.15, -0.1) is 0 Å². The third-order valence-electron chi connectivity index (χ3n) is 4.55. The van der Waals surface area contributed by atoms with Crippen LogP contribution in [0, 0.1) is 0 Å². The minimum atomic E-state index is -0.00845. The Morgan fingerprint density at radius 2 is 1.92 bits per heavy atom. The summed E-state index contributed by atoms with van der Waals surface area (Å²) in [4.78, 5) is 27.8. The van der Waals surface area contributed by atoms with Crippen LogP contribution in [0.5, 0.6) is 0 Å². The predicted octanol–water partition coefficient (Wildman–Crippen LogP) is 1.69. The molecule has 6 nitrogen and oxygen atoms in total. The number of hydrogen-bond donors (Lipinski definition) is 1. The van der Waals surface area contributed by atoms with E-state index in [1.165, 1.54) is 17.3 Å². The molecule has 0 saturated carbocycles. The van der Waals surface area contributed by atoms with Gasteiger partial charge in [0, 0.05) is 51.4 Å². The van der Waals surface area contributed by atoms with Gasteiger partial charge in [-0.3, -0.25) is 14.5 Å². The third-order valence-corrected chi connectivity index (χ3v) is 5.44. The lowest BCUT2D eigenvalue weighted by molar-refractivity contribution is -0.121. The van der Waals surface area contributed by atoms with Gasteiger partial charge < -0.3 is 15.0 Å². The Bertz CT molecular complexity index is 605. The molecule has 3 rings (SSSR count). The molecule has 2 aliphatic rings. The van der Waals surface area contributed by atoms with E-state index in [1.54, 1.807) is 4.90 Å². The summed E-state index contributed by atoms with van der Waals surface area (Å²) in [5, 5.41) is 3.08. The number of amides is 2. The number of carbonyl (C=O) groups excluding carboxylic acids is 2. The molecule has 2 aliphatic heterocycles. The number of benzene rings is 1. The van der Waals surface area contributed by atoms with Crippen LogP contribution in [0.1, 0.15) is 17.5 Å². The van der Waals surface area contributed by atoms with E-state index in [9.17, 15) is 9.59 Å². The highest BCUT2D eigenvalue weighted by molar-refractivity contribution is 8.13. The lowest BCUT2D eigenvalue weighted by atomic mass is 10.1. The summed E-state index contributed by atoms with van der Waals surface area (Å²) < 4.78 is 5.40. The molecule has 1 aromatic rings. The highest BCUT2D eigenvalue weighted by atomic mass is 32.2. The number of nitrogens with zero attached hydrogens (tertiary/aromatic N) is 2. The van der Waals surface area contributed by atoms with E-state index in [2.05, 4.69) is 22.3 Å². The van der Waals surface area contributed by atoms with Gasteiger partial charge in [0.25, 0.3) is 5.24 Å². The van der Waals surface area contributed by atoms with Crippen molar-refractivity contribution in [1.82, 2.24) is 15.1 Å². The van der Waals surface area contributed by atoms with Crippen molar-refractivity contribution in [3.8, 4) is 0 Å². The standard InChI is InChI=1S/C18H25N3O3S/c22-17(5-6-21-9-12-25-18(21)23)19-13-15-3-1-2-4-16(15)14-20-7-10-24-11-8-20/h1-4H,5-14H2,(H,19,22). The Balaban J connectivity index is 1.47. The fraction of sp³-hybridized carbons (Fsp3) is 0.556. The van der Waals surface area contributed by atoms with Crippen LogP contribution in [0.2, 0.25) is 0 Å². The third kappa shape index (κ3) is 5.45. The highest BCUT2D eigenvalue weighted by Crippen LogP contribution is 2.17. The first kappa shape index (κ1) is 18.2. The Morgan fingerprint density at radius 1 is 1.16 bits per heavy atom. The smallest absolute Gasteiger partial charge is 0.281 e. The second kappa shape index (κ2) is 9.22. The molecule has 2 fully saturated rings. The Morgan fingerprint density at radius 3 is 2.64 bits per heavy atom. The highest BCUT2D eigenvalue weighted by Gasteiger charge is 2.21. The van der Waals surface area contributed by atoms with Gasteiger partial charge in [-0.25, -0.2) is 0 Å². The minimum Gasteiger partial charge on any atom is -0.379 e. The van der Waals surface area contributed by atoms with Crippen molar-refractivity contribution in [2.45, 2.75) is 19.5 Å². The van der Waals surface area contributed by atoms with Gasteiger partial charge in [0.15, 0.2) is 0 Å². The summed E-state index contributed by atoms with van der Waals surface area (Å²) >= 11 is 1.33. The van der Waals surface area contributed by atoms with Crippen molar-refractivity contribution in [3.05, 3.63) is 35.4 Å². The van der Waals surface area contributed by atoms with E-state index in [0.717, 1.165) is 50.7 Å². The zero-order chi connectivity index (χ0) is 17.5. The molecule has 2 heterocycles. The number of ether oxygens (including phenoxy) is 1. The van der Waals surface area contributed by atoms with Crippen molar-refractivity contribution in [2.24, 2.45) is 0 Å². The van der Waals surface area contributed by atoms with Gasteiger partial charge in [-0.1, -0.05) is 36.0 Å². The van der Waals surface area contributed by atoms with Crippen molar-refractivity contribution in [2.75, 3.05) is 45.1 Å². The molecule has 0 unspecified atom stereocenters. The van der Waals surface area contributed by atoms with Crippen LogP contribution >= 0.6 is 11.8 Å². The maximum absolute atomic E-state index is 12.1. The quantitative estimate of drug-likeness (QED) is 0.799. The summed E-state index contributed by atoms with van der Waals surface area (Å²) in [5.41, 5.74) is 2.39. The van der Waals surface area contributed by atoms with Crippen LogP contribution in [-0.4, -0.2) is 66.1 Å². The first-order valence-electron chi connectivity index (χ1n) is 8.77. The number of morpholine rings is 1. The lowest BCUT2D eigenvalue weighted by Gasteiger charge is -2.27. The van der Waals surface area contributed by atoms with E-state index in [4.69, 9.17) is 4.74 Å². The zero-order valence-electron chi connectivity index (χ0n) is 14.4. The average Bonchev–Trinajstić information content (AvgIpc) is 3.05. The van der Waals surface area contributed by atoms with E-state index < -0.39 is 0 Å². The molecule has 0 radical (unpaired) electrons. The van der Waals surface area contributed by atoms with Gasteiger partial charge in [0.05, 0.1) is 13.2 Å². The first-order chi connectivity index (χ1) is 12.2. The largest absolute Gasteiger partial charge is 0.379 e. The van der Waals surface area contributed by atoms with Crippen LogP contribution < -0.4 is 5.32 Å². The van der Waals surface area contributed by atoms with E-state index >= 15 is 0 Å². The Hall–Kier alpha value is -1.57. The molecule has 1 N–H and O–H groups in total. The molecular formula is C18H25N3O3S. The Kier molecular flexibility index (Phi) is 6.72. The van der Waals surface area contributed by atoms with E-state index in [0.29, 0.717) is 19.5 Å². The van der Waals surface area contributed by atoms with E-state index in [1.807, 2.05) is 12.1 Å². The summed E-state index contributed by atoms with van der Waals surface area (Å²) in [6.45, 7) is 6.13. The van der Waals surface area contributed by atoms with Crippen molar-refractivity contribution in [1.29, 1.82) is 0 Å². The normalized spacial score (nSPS) is 18.6. The molecule has 0 atom stereocenters. The first-order valence-corrected chi connectivity index (χ1v) is 9.76. The molecule has 0 spiro atoms. The SMILES string of the molecule is O=C(CCN1CCSC1=O)NCc1ccccc1CN1CCOCC1. The summed E-state index contributed by atoms with van der Waals surface area (Å²) in [6, 6.07) is 8.23. The fourth-order valence-electron chi connectivity index (χ4n) is 3.03. The van der Waals surface area contributed by atoms with Crippen LogP contribution in [0.15, 0.2) is 24.3 Å². The summed E-state index contributed by atoms with van der Waals surface area (Å²) in [7, 11) is 0. The van der Waals surface area contributed by atoms with Crippen molar-refractivity contribution in [3.63, 3.8) is 0 Å².